The van der Waals surface area contributed by atoms with Gasteiger partial charge in [0.05, 0.1) is 23.7 Å². The molecule has 1 N–H and O–H groups in total. The Morgan fingerprint density at radius 3 is 2.69 bits per heavy atom. The van der Waals surface area contributed by atoms with Gasteiger partial charge in [-0.1, -0.05) is 30.3 Å². The highest BCUT2D eigenvalue weighted by molar-refractivity contribution is 7.91. The molecule has 1 aromatic heterocycles. The van der Waals surface area contributed by atoms with Crippen molar-refractivity contribution < 1.29 is 13.2 Å². The third kappa shape index (κ3) is 3.46. The minimum atomic E-state index is -3.16. The molecule has 4 rings (SSSR count). The molecule has 0 spiro atoms. The number of nitrogens with one attached hydrogen (secondary N) is 1. The van der Waals surface area contributed by atoms with Crippen molar-refractivity contribution in [3.05, 3.63) is 53.9 Å². The minimum Gasteiger partial charge on any atom is -0.335 e. The van der Waals surface area contributed by atoms with Crippen molar-refractivity contribution in [2.45, 2.75) is 24.4 Å². The van der Waals surface area contributed by atoms with E-state index >= 15 is 0 Å². The Bertz CT molecular complexity index is 910. The van der Waals surface area contributed by atoms with Crippen LogP contribution < -0.4 is 5.32 Å². The fourth-order valence-corrected chi connectivity index (χ4v) is 5.10. The van der Waals surface area contributed by atoms with Gasteiger partial charge in [-0.05, 0) is 12.0 Å². The largest absolute Gasteiger partial charge is 0.335 e. The van der Waals surface area contributed by atoms with Gasteiger partial charge in [0.2, 0.25) is 0 Å². The van der Waals surface area contributed by atoms with Crippen LogP contribution in [-0.2, 0) is 16.9 Å². The van der Waals surface area contributed by atoms with E-state index in [0.717, 1.165) is 12.0 Å². The van der Waals surface area contributed by atoms with Crippen LogP contribution in [0.4, 0.5) is 4.79 Å². The molecule has 2 fully saturated rings. The van der Waals surface area contributed by atoms with Crippen LogP contribution in [0.3, 0.4) is 0 Å². The molecule has 1 aromatic carbocycles. The maximum atomic E-state index is 12.8. The summed E-state index contributed by atoms with van der Waals surface area (Å²) in [5.74, 6) is 0.286. The normalized spacial score (nSPS) is 27.1. The highest BCUT2D eigenvalue weighted by atomic mass is 32.2. The van der Waals surface area contributed by atoms with Gasteiger partial charge in [-0.15, -0.1) is 0 Å². The molecule has 1 saturated heterocycles. The van der Waals surface area contributed by atoms with E-state index in [1.165, 1.54) is 5.56 Å². The number of rotatable bonds is 3. The number of sulfone groups is 1. The molecule has 138 valence electrons. The first kappa shape index (κ1) is 17.1. The van der Waals surface area contributed by atoms with E-state index in [0.29, 0.717) is 5.92 Å². The highest BCUT2D eigenvalue weighted by Crippen LogP contribution is 2.41. The van der Waals surface area contributed by atoms with E-state index in [-0.39, 0.29) is 30.1 Å². The Balaban J connectivity index is 1.47. The second-order valence-corrected chi connectivity index (χ2v) is 9.31. The summed E-state index contributed by atoms with van der Waals surface area (Å²) in [5.41, 5.74) is 1.98. The summed E-state index contributed by atoms with van der Waals surface area (Å²) in [5, 5.41) is 7.19. The molecular weight excluding hydrogens is 352 g/mol. The summed E-state index contributed by atoms with van der Waals surface area (Å²) in [4.78, 5) is 14.5. The average molecular weight is 374 g/mol. The molecule has 26 heavy (non-hydrogen) atoms. The number of hydrogen-bond acceptors (Lipinski definition) is 4. The van der Waals surface area contributed by atoms with Crippen LogP contribution in [-0.4, -0.2) is 53.2 Å². The maximum Gasteiger partial charge on any atom is 0.318 e. The van der Waals surface area contributed by atoms with Crippen molar-refractivity contribution in [1.82, 2.24) is 20.0 Å². The number of carbonyl (C=O) groups is 1. The SMILES string of the molecule is Cn1cc([C@@H]2CS(=O)(=O)CCN2C(=O)N[C@H]2C[C@H]2c2ccccc2)cn1. The summed E-state index contributed by atoms with van der Waals surface area (Å²) >= 11 is 0. The van der Waals surface area contributed by atoms with Crippen LogP contribution in [0, 0.1) is 0 Å². The lowest BCUT2D eigenvalue weighted by Gasteiger charge is -2.35. The third-order valence-electron chi connectivity index (χ3n) is 5.13. The number of carbonyl (C=O) groups excluding carboxylic acids is 1. The Hall–Kier alpha value is -2.35. The molecule has 0 bridgehead atoms. The number of hydrogen-bond donors (Lipinski definition) is 1. The van der Waals surface area contributed by atoms with Crippen LogP contribution in [0.25, 0.3) is 0 Å². The molecule has 2 aliphatic rings. The molecule has 0 unspecified atom stereocenters. The van der Waals surface area contributed by atoms with Crippen molar-refractivity contribution in [3.63, 3.8) is 0 Å². The second-order valence-electron chi connectivity index (χ2n) is 7.08. The van der Waals surface area contributed by atoms with Gasteiger partial charge in [0.25, 0.3) is 0 Å². The summed E-state index contributed by atoms with van der Waals surface area (Å²) in [6.45, 7) is 0.205. The van der Waals surface area contributed by atoms with Crippen LogP contribution in [0.1, 0.15) is 29.5 Å². The topological polar surface area (TPSA) is 84.3 Å². The zero-order valence-corrected chi connectivity index (χ0v) is 15.4. The predicted octanol–water partition coefficient (Wildman–Crippen LogP) is 1.46. The number of benzene rings is 1. The Morgan fingerprint density at radius 1 is 1.23 bits per heavy atom. The van der Waals surface area contributed by atoms with Gasteiger partial charge in [0.1, 0.15) is 0 Å². The van der Waals surface area contributed by atoms with Gasteiger partial charge in [-0.2, -0.15) is 5.10 Å². The first-order valence-corrected chi connectivity index (χ1v) is 10.6. The van der Waals surface area contributed by atoms with Gasteiger partial charge in [0.15, 0.2) is 9.84 Å². The number of nitrogens with zero attached hydrogens (tertiary/aromatic N) is 3. The molecule has 1 saturated carbocycles. The summed E-state index contributed by atoms with van der Waals surface area (Å²) in [6, 6.07) is 9.55. The van der Waals surface area contributed by atoms with Crippen molar-refractivity contribution >= 4 is 15.9 Å². The standard InChI is InChI=1S/C18H22N4O3S/c1-21-11-14(10-19-21)17-12-26(24,25)8-7-22(17)18(23)20-16-9-15(16)13-5-3-2-4-6-13/h2-6,10-11,15-17H,7-9,12H2,1H3,(H,20,23)/t15-,16-,17-/m0/s1. The average Bonchev–Trinajstić information content (AvgIpc) is 3.24. The summed E-state index contributed by atoms with van der Waals surface area (Å²) in [6.07, 6.45) is 4.32. The lowest BCUT2D eigenvalue weighted by Crippen LogP contribution is -2.50. The minimum absolute atomic E-state index is 0.00393. The fourth-order valence-electron chi connectivity index (χ4n) is 3.60. The molecule has 8 heteroatoms. The Morgan fingerprint density at radius 2 is 2.00 bits per heavy atom. The monoisotopic (exact) mass is 374 g/mol. The number of urea groups is 1. The zero-order valence-electron chi connectivity index (χ0n) is 14.6. The first-order chi connectivity index (χ1) is 12.4. The Kier molecular flexibility index (Phi) is 4.22. The van der Waals surface area contributed by atoms with Crippen LogP contribution in [0.5, 0.6) is 0 Å². The van der Waals surface area contributed by atoms with Gasteiger partial charge >= 0.3 is 6.03 Å². The second kappa shape index (κ2) is 6.42. The van der Waals surface area contributed by atoms with Gasteiger partial charge < -0.3 is 10.2 Å². The van der Waals surface area contributed by atoms with E-state index in [4.69, 9.17) is 0 Å². The fraction of sp³-hybridized carbons (Fsp3) is 0.444. The molecule has 2 aromatic rings. The number of aryl methyl sites for hydroxylation is 1. The zero-order chi connectivity index (χ0) is 18.3. The van der Waals surface area contributed by atoms with Crippen LogP contribution >= 0.6 is 0 Å². The molecule has 2 heterocycles. The van der Waals surface area contributed by atoms with E-state index in [9.17, 15) is 13.2 Å². The van der Waals surface area contributed by atoms with E-state index in [1.54, 1.807) is 29.0 Å². The molecule has 0 radical (unpaired) electrons. The number of aromatic nitrogens is 2. The summed E-state index contributed by atoms with van der Waals surface area (Å²) < 4.78 is 25.8. The maximum absolute atomic E-state index is 12.8. The molecule has 1 aliphatic heterocycles. The number of amides is 2. The van der Waals surface area contributed by atoms with E-state index in [1.807, 2.05) is 18.2 Å². The van der Waals surface area contributed by atoms with Crippen LogP contribution in [0.15, 0.2) is 42.7 Å². The molecule has 3 atom stereocenters. The molecule has 1 aliphatic carbocycles. The van der Waals surface area contributed by atoms with Crippen molar-refractivity contribution in [3.8, 4) is 0 Å². The van der Waals surface area contributed by atoms with Gasteiger partial charge in [0, 0.05) is 37.3 Å². The Labute approximate surface area is 152 Å². The van der Waals surface area contributed by atoms with E-state index < -0.39 is 15.9 Å². The molecule has 7 nitrogen and oxygen atoms in total. The molecular formula is C18H22N4O3S. The van der Waals surface area contributed by atoms with Crippen molar-refractivity contribution in [1.29, 1.82) is 0 Å². The quantitative estimate of drug-likeness (QED) is 0.881. The third-order valence-corrected chi connectivity index (χ3v) is 6.76. The lowest BCUT2D eigenvalue weighted by molar-refractivity contribution is 0.180. The van der Waals surface area contributed by atoms with Crippen molar-refractivity contribution in [2.24, 2.45) is 7.05 Å². The highest BCUT2D eigenvalue weighted by Gasteiger charge is 2.42. The predicted molar refractivity (Wildman–Crippen MR) is 97.4 cm³/mol. The first-order valence-electron chi connectivity index (χ1n) is 8.74. The smallest absolute Gasteiger partial charge is 0.318 e. The molecule has 2 amide bonds. The van der Waals surface area contributed by atoms with Crippen molar-refractivity contribution in [2.75, 3.05) is 18.1 Å². The van der Waals surface area contributed by atoms with Crippen LogP contribution in [0.2, 0.25) is 0 Å². The lowest BCUT2D eigenvalue weighted by atomic mass is 10.1. The van der Waals surface area contributed by atoms with Gasteiger partial charge in [-0.25, -0.2) is 13.2 Å². The summed E-state index contributed by atoms with van der Waals surface area (Å²) in [7, 11) is -1.38. The van der Waals surface area contributed by atoms with Gasteiger partial charge in [-0.3, -0.25) is 4.68 Å². The van der Waals surface area contributed by atoms with E-state index in [2.05, 4.69) is 22.5 Å².